The van der Waals surface area contributed by atoms with Crippen LogP contribution in [0.5, 0.6) is 5.75 Å². The van der Waals surface area contributed by atoms with Crippen molar-refractivity contribution < 1.29 is 4.74 Å². The number of anilines is 1. The number of aromatic nitrogens is 3. The molecular weight excluding hydrogens is 392 g/mol. The molecule has 6 heteroatoms. The predicted molar refractivity (Wildman–Crippen MR) is 131 cm³/mol. The molecule has 0 unspecified atom stereocenters. The molecule has 5 nitrogen and oxygen atoms in total. The maximum absolute atomic E-state index is 5.38. The summed E-state index contributed by atoms with van der Waals surface area (Å²) in [6.07, 6.45) is 4.10. The van der Waals surface area contributed by atoms with E-state index in [1.807, 2.05) is 25.4 Å². The molecule has 0 bridgehead atoms. The lowest BCUT2D eigenvalue weighted by atomic mass is 10.2. The fourth-order valence-corrected chi connectivity index (χ4v) is 3.78. The lowest BCUT2D eigenvalue weighted by Gasteiger charge is -2.10. The molecule has 3 aromatic rings. The van der Waals surface area contributed by atoms with Crippen LogP contribution in [0.3, 0.4) is 0 Å². The highest BCUT2D eigenvalue weighted by atomic mass is 32.2. The number of nitrogens with one attached hydrogen (secondary N) is 1. The van der Waals surface area contributed by atoms with E-state index in [2.05, 4.69) is 61.6 Å². The topological polar surface area (TPSA) is 52.0 Å². The van der Waals surface area contributed by atoms with Crippen LogP contribution in [0.25, 0.3) is 11.0 Å². The Balaban J connectivity index is 0.000000827. The van der Waals surface area contributed by atoms with Crippen LogP contribution in [0.2, 0.25) is 0 Å². The third-order valence-corrected chi connectivity index (χ3v) is 5.35. The Morgan fingerprint density at radius 1 is 1.20 bits per heavy atom. The normalized spacial score (nSPS) is 10.4. The first kappa shape index (κ1) is 25.8. The minimum atomic E-state index is 0. The number of aryl methyl sites for hydroxylation is 2. The number of benzene rings is 1. The van der Waals surface area contributed by atoms with E-state index in [4.69, 9.17) is 9.72 Å². The summed E-state index contributed by atoms with van der Waals surface area (Å²) in [5.74, 6) is 2.51. The van der Waals surface area contributed by atoms with Gasteiger partial charge in [-0.1, -0.05) is 59.4 Å². The number of ether oxygens (including phenoxy) is 1. The number of pyridine rings is 1. The van der Waals surface area contributed by atoms with Gasteiger partial charge >= 0.3 is 0 Å². The monoisotopic (exact) mass is 430 g/mol. The van der Waals surface area contributed by atoms with E-state index < -0.39 is 0 Å². The average Bonchev–Trinajstić information content (AvgIpc) is 3.04. The van der Waals surface area contributed by atoms with Crippen molar-refractivity contribution in [3.05, 3.63) is 36.0 Å². The number of fused-ring (bicyclic) bond motifs is 1. The highest BCUT2D eigenvalue weighted by molar-refractivity contribution is 7.99. The van der Waals surface area contributed by atoms with Crippen molar-refractivity contribution in [2.24, 2.45) is 5.92 Å². The van der Waals surface area contributed by atoms with E-state index in [1.165, 1.54) is 5.56 Å². The molecule has 0 spiro atoms. The largest absolute Gasteiger partial charge is 0.497 e. The number of nitrogens with zero attached hydrogens (tertiary/aromatic N) is 3. The fraction of sp³-hybridized carbons (Fsp3) is 0.500. The summed E-state index contributed by atoms with van der Waals surface area (Å²) < 4.78 is 7.67. The van der Waals surface area contributed by atoms with Gasteiger partial charge in [0.2, 0.25) is 0 Å². The Bertz CT molecular complexity index is 918. The first-order valence-corrected chi connectivity index (χ1v) is 11.1. The molecule has 0 amide bonds. The van der Waals surface area contributed by atoms with E-state index in [-0.39, 0.29) is 7.43 Å². The summed E-state index contributed by atoms with van der Waals surface area (Å²) in [4.78, 5) is 10.4. The standard InChI is InChI=1S/C19H24N4OS.C4H10.CH4/c1-5-6-11-23-15-9-10-21-18(20-3)17(15)22-19(23)25-16-12-14(24-4)8-7-13(16)2;1-4(2)3;/h7-10,12H,5-6,11H2,1-4H3,(H,20,21);4H,1-3H3;1H4. The summed E-state index contributed by atoms with van der Waals surface area (Å²) in [7, 11) is 3.58. The summed E-state index contributed by atoms with van der Waals surface area (Å²) in [6.45, 7) is 11.8. The number of imidazole rings is 1. The number of hydrogen-bond donors (Lipinski definition) is 1. The molecule has 2 aromatic heterocycles. The third kappa shape index (κ3) is 6.66. The van der Waals surface area contributed by atoms with Crippen molar-refractivity contribution in [2.45, 2.75) is 71.5 Å². The third-order valence-electron chi connectivity index (χ3n) is 4.20. The number of hydrogen-bond acceptors (Lipinski definition) is 5. The van der Waals surface area contributed by atoms with Crippen LogP contribution in [0, 0.1) is 12.8 Å². The van der Waals surface area contributed by atoms with Gasteiger partial charge in [0.1, 0.15) is 11.3 Å². The Morgan fingerprint density at radius 2 is 1.90 bits per heavy atom. The van der Waals surface area contributed by atoms with Crippen LogP contribution >= 0.6 is 11.8 Å². The predicted octanol–water partition coefficient (Wildman–Crippen LogP) is 7.04. The van der Waals surface area contributed by atoms with Gasteiger partial charge in [-0.15, -0.1) is 0 Å². The molecule has 0 aliphatic carbocycles. The Labute approximate surface area is 186 Å². The van der Waals surface area contributed by atoms with Crippen molar-refractivity contribution in [1.29, 1.82) is 0 Å². The molecule has 30 heavy (non-hydrogen) atoms. The Hall–Kier alpha value is -2.21. The van der Waals surface area contributed by atoms with Gasteiger partial charge in [-0.2, -0.15) is 0 Å². The van der Waals surface area contributed by atoms with Gasteiger partial charge in [0, 0.05) is 24.7 Å². The van der Waals surface area contributed by atoms with Crippen molar-refractivity contribution >= 4 is 28.6 Å². The minimum absolute atomic E-state index is 0. The molecule has 0 saturated carbocycles. The van der Waals surface area contributed by atoms with E-state index in [0.29, 0.717) is 0 Å². The fourth-order valence-electron chi connectivity index (χ4n) is 2.74. The van der Waals surface area contributed by atoms with Crippen LogP contribution in [0.15, 0.2) is 40.5 Å². The van der Waals surface area contributed by atoms with Crippen molar-refractivity contribution in [3.63, 3.8) is 0 Å². The lowest BCUT2D eigenvalue weighted by molar-refractivity contribution is 0.413. The summed E-state index contributed by atoms with van der Waals surface area (Å²) >= 11 is 1.68. The van der Waals surface area contributed by atoms with E-state index in [0.717, 1.165) is 58.0 Å². The zero-order valence-corrected chi connectivity index (χ0v) is 19.6. The second kappa shape index (κ2) is 12.5. The second-order valence-electron chi connectivity index (χ2n) is 7.64. The number of methoxy groups -OCH3 is 1. The lowest BCUT2D eigenvalue weighted by Crippen LogP contribution is -2.00. The van der Waals surface area contributed by atoms with Crippen LogP contribution < -0.4 is 10.1 Å². The molecule has 166 valence electrons. The molecule has 1 N–H and O–H groups in total. The van der Waals surface area contributed by atoms with Crippen molar-refractivity contribution in [2.75, 3.05) is 19.5 Å². The molecule has 1 aromatic carbocycles. The average molecular weight is 431 g/mol. The molecule has 0 aliphatic rings. The quantitative estimate of drug-likeness (QED) is 0.435. The first-order valence-electron chi connectivity index (χ1n) is 10.3. The first-order chi connectivity index (χ1) is 13.9. The maximum atomic E-state index is 5.38. The SMILES string of the molecule is C.CC(C)C.CCCCn1c(Sc2cc(OC)ccc2C)nc2c(NC)nccc21. The van der Waals surface area contributed by atoms with E-state index in [9.17, 15) is 0 Å². The number of rotatable bonds is 7. The van der Waals surface area contributed by atoms with E-state index >= 15 is 0 Å². The highest BCUT2D eigenvalue weighted by Gasteiger charge is 2.16. The van der Waals surface area contributed by atoms with E-state index in [1.54, 1.807) is 18.9 Å². The molecule has 3 rings (SSSR count). The second-order valence-corrected chi connectivity index (χ2v) is 8.65. The Kier molecular flexibility index (Phi) is 10.7. The zero-order valence-electron chi connectivity index (χ0n) is 18.7. The summed E-state index contributed by atoms with van der Waals surface area (Å²) in [5, 5.41) is 4.13. The molecular formula is C24H38N4OS. The van der Waals surface area contributed by atoms with Gasteiger partial charge in [0.05, 0.1) is 12.6 Å². The van der Waals surface area contributed by atoms with Crippen LogP contribution in [-0.2, 0) is 6.54 Å². The Morgan fingerprint density at radius 3 is 2.50 bits per heavy atom. The minimum Gasteiger partial charge on any atom is -0.497 e. The maximum Gasteiger partial charge on any atom is 0.174 e. The van der Waals surface area contributed by atoms with Crippen LogP contribution in [0.1, 0.15) is 53.5 Å². The molecule has 0 radical (unpaired) electrons. The molecule has 0 fully saturated rings. The van der Waals surface area contributed by atoms with Gasteiger partial charge in [-0.05, 0) is 43.0 Å². The smallest absolute Gasteiger partial charge is 0.174 e. The van der Waals surface area contributed by atoms with Gasteiger partial charge < -0.3 is 14.6 Å². The highest BCUT2D eigenvalue weighted by Crippen LogP contribution is 2.35. The number of unbranched alkanes of at least 4 members (excludes halogenated alkanes) is 1. The van der Waals surface area contributed by atoms with Gasteiger partial charge in [-0.3, -0.25) is 0 Å². The van der Waals surface area contributed by atoms with Gasteiger partial charge in [-0.25, -0.2) is 9.97 Å². The van der Waals surface area contributed by atoms with Crippen LogP contribution in [-0.4, -0.2) is 28.7 Å². The van der Waals surface area contributed by atoms with Crippen molar-refractivity contribution in [1.82, 2.24) is 14.5 Å². The molecule has 2 heterocycles. The van der Waals surface area contributed by atoms with Crippen molar-refractivity contribution in [3.8, 4) is 5.75 Å². The molecule has 0 atom stereocenters. The van der Waals surface area contributed by atoms with Gasteiger partial charge in [0.25, 0.3) is 0 Å². The summed E-state index contributed by atoms with van der Waals surface area (Å²) in [6, 6.07) is 8.19. The van der Waals surface area contributed by atoms with Gasteiger partial charge in [0.15, 0.2) is 11.0 Å². The zero-order chi connectivity index (χ0) is 21.4. The summed E-state index contributed by atoms with van der Waals surface area (Å²) in [5.41, 5.74) is 3.26. The molecule has 0 saturated heterocycles. The molecule has 0 aliphatic heterocycles. The van der Waals surface area contributed by atoms with Crippen LogP contribution in [0.4, 0.5) is 5.82 Å².